The zero-order chi connectivity index (χ0) is 22.5. The van der Waals surface area contributed by atoms with Crippen molar-refractivity contribution in [2.75, 3.05) is 0 Å². The minimum atomic E-state index is -0.255. The Kier molecular flexibility index (Phi) is 4.64. The van der Waals surface area contributed by atoms with Crippen molar-refractivity contribution in [1.82, 2.24) is 5.01 Å². The number of ether oxygens (including phenoxy) is 1. The minimum Gasteiger partial charge on any atom is -0.488 e. The van der Waals surface area contributed by atoms with E-state index in [0.717, 1.165) is 33.3 Å². The molecule has 2 fully saturated rings. The molecule has 0 N–H and O–H groups in total. The van der Waals surface area contributed by atoms with Crippen LogP contribution in [0, 0.1) is 30.6 Å². The second-order valence-corrected chi connectivity index (χ2v) is 9.21. The van der Waals surface area contributed by atoms with Crippen LogP contribution in [-0.4, -0.2) is 23.0 Å². The molecule has 164 valence electrons. The van der Waals surface area contributed by atoms with Crippen LogP contribution in [0.1, 0.15) is 23.1 Å². The highest BCUT2D eigenvalue weighted by molar-refractivity contribution is 6.08. The van der Waals surface area contributed by atoms with Gasteiger partial charge < -0.3 is 4.74 Å². The zero-order valence-corrected chi connectivity index (χ0v) is 18.3. The molecular formula is C28H24N2O3. The van der Waals surface area contributed by atoms with E-state index in [1.165, 1.54) is 5.56 Å². The van der Waals surface area contributed by atoms with Gasteiger partial charge in [-0.1, -0.05) is 72.3 Å². The second kappa shape index (κ2) is 7.69. The summed E-state index contributed by atoms with van der Waals surface area (Å²) in [7, 11) is 0. The lowest BCUT2D eigenvalue weighted by atomic mass is 9.85. The molecule has 2 amide bonds. The maximum atomic E-state index is 13.0. The summed E-state index contributed by atoms with van der Waals surface area (Å²) >= 11 is 0. The number of nitrogens with zero attached hydrogens (tertiary/aromatic N) is 2. The molecule has 4 atom stereocenters. The third kappa shape index (κ3) is 3.27. The summed E-state index contributed by atoms with van der Waals surface area (Å²) < 4.78 is 6.18. The minimum absolute atomic E-state index is 0.169. The number of allylic oxidation sites excluding steroid dienone is 2. The molecule has 2 bridgehead atoms. The van der Waals surface area contributed by atoms with Crippen LogP contribution in [0.4, 0.5) is 0 Å². The molecule has 1 aliphatic heterocycles. The van der Waals surface area contributed by atoms with Crippen LogP contribution in [0.15, 0.2) is 77.9 Å². The maximum absolute atomic E-state index is 13.0. The van der Waals surface area contributed by atoms with Crippen molar-refractivity contribution in [1.29, 1.82) is 0 Å². The number of carbonyl (C=O) groups is 2. The van der Waals surface area contributed by atoms with Gasteiger partial charge >= 0.3 is 0 Å². The van der Waals surface area contributed by atoms with Gasteiger partial charge in [-0.25, -0.2) is 0 Å². The third-order valence-corrected chi connectivity index (χ3v) is 7.16. The first kappa shape index (κ1) is 19.9. The lowest BCUT2D eigenvalue weighted by molar-refractivity contribution is -0.140. The predicted molar refractivity (Wildman–Crippen MR) is 127 cm³/mol. The van der Waals surface area contributed by atoms with E-state index in [1.54, 1.807) is 6.21 Å². The van der Waals surface area contributed by atoms with Crippen molar-refractivity contribution in [3.8, 4) is 5.75 Å². The number of benzene rings is 3. The molecule has 5 nitrogen and oxygen atoms in total. The topological polar surface area (TPSA) is 59.0 Å². The molecule has 1 saturated heterocycles. The molecule has 33 heavy (non-hydrogen) atoms. The van der Waals surface area contributed by atoms with Crippen LogP contribution >= 0.6 is 0 Å². The van der Waals surface area contributed by atoms with Crippen molar-refractivity contribution in [3.05, 3.63) is 89.5 Å². The lowest BCUT2D eigenvalue weighted by Gasteiger charge is -2.14. The Morgan fingerprint density at radius 3 is 2.48 bits per heavy atom. The average Bonchev–Trinajstić information content (AvgIpc) is 3.51. The summed E-state index contributed by atoms with van der Waals surface area (Å²) in [5, 5.41) is 7.51. The normalized spacial score (nSPS) is 25.5. The van der Waals surface area contributed by atoms with Crippen LogP contribution in [0.2, 0.25) is 0 Å². The Bertz CT molecular complexity index is 1310. The molecule has 3 aliphatic rings. The highest BCUT2D eigenvalue weighted by Gasteiger charge is 2.59. The predicted octanol–water partition coefficient (Wildman–Crippen LogP) is 4.87. The fourth-order valence-corrected chi connectivity index (χ4v) is 5.61. The van der Waals surface area contributed by atoms with Gasteiger partial charge in [-0.15, -0.1) is 0 Å². The number of hydrazone groups is 1. The van der Waals surface area contributed by atoms with Gasteiger partial charge in [-0.2, -0.15) is 10.1 Å². The van der Waals surface area contributed by atoms with Crippen LogP contribution in [0.3, 0.4) is 0 Å². The van der Waals surface area contributed by atoms with Gasteiger partial charge in [0.1, 0.15) is 12.4 Å². The van der Waals surface area contributed by atoms with E-state index in [4.69, 9.17) is 4.74 Å². The molecule has 1 heterocycles. The van der Waals surface area contributed by atoms with Gasteiger partial charge in [-0.3, -0.25) is 9.59 Å². The van der Waals surface area contributed by atoms with Gasteiger partial charge in [0.05, 0.1) is 18.1 Å². The molecule has 1 saturated carbocycles. The van der Waals surface area contributed by atoms with Crippen molar-refractivity contribution in [2.45, 2.75) is 20.0 Å². The average molecular weight is 437 g/mol. The summed E-state index contributed by atoms with van der Waals surface area (Å²) in [5.74, 6) is 0.134. The van der Waals surface area contributed by atoms with Crippen molar-refractivity contribution in [2.24, 2.45) is 28.8 Å². The Morgan fingerprint density at radius 2 is 1.73 bits per heavy atom. The molecule has 6 rings (SSSR count). The molecule has 3 aromatic rings. The van der Waals surface area contributed by atoms with E-state index < -0.39 is 0 Å². The first-order valence-corrected chi connectivity index (χ1v) is 11.4. The standard InChI is InChI=1S/C28H24N2O3/c1-17-5-4-6-18(13-17)16-33-24-12-11-19-7-2-3-8-22(19)23(24)15-29-30-27(31)25-20-9-10-21(14-20)26(25)28(30)32/h2-13,15,20-21,25-26H,14,16H2,1H3/t20-,21-,25-,26+/m0/s1. The number of aryl methyl sites for hydroxylation is 1. The van der Waals surface area contributed by atoms with Gasteiger partial charge in [0.15, 0.2) is 0 Å². The van der Waals surface area contributed by atoms with E-state index >= 15 is 0 Å². The van der Waals surface area contributed by atoms with E-state index in [-0.39, 0.29) is 35.5 Å². The number of hydrogen-bond acceptors (Lipinski definition) is 4. The van der Waals surface area contributed by atoms with Crippen LogP contribution in [0.25, 0.3) is 10.8 Å². The summed E-state index contributed by atoms with van der Waals surface area (Å²) in [6, 6.07) is 20.1. The van der Waals surface area contributed by atoms with Gasteiger partial charge in [-0.05, 0) is 47.6 Å². The van der Waals surface area contributed by atoms with Crippen LogP contribution in [-0.2, 0) is 16.2 Å². The van der Waals surface area contributed by atoms with Crippen LogP contribution < -0.4 is 4.74 Å². The van der Waals surface area contributed by atoms with Gasteiger partial charge in [0.2, 0.25) is 0 Å². The molecule has 2 aliphatic carbocycles. The number of fused-ring (bicyclic) bond motifs is 6. The van der Waals surface area contributed by atoms with E-state index in [1.807, 2.05) is 48.5 Å². The molecule has 3 aromatic carbocycles. The Morgan fingerprint density at radius 1 is 0.970 bits per heavy atom. The third-order valence-electron chi connectivity index (χ3n) is 7.16. The number of carbonyl (C=O) groups excluding carboxylic acids is 2. The number of rotatable bonds is 5. The van der Waals surface area contributed by atoms with E-state index in [9.17, 15) is 9.59 Å². The molecule has 0 radical (unpaired) electrons. The Hall–Kier alpha value is -3.73. The Balaban J connectivity index is 1.33. The van der Waals surface area contributed by atoms with Crippen molar-refractivity contribution in [3.63, 3.8) is 0 Å². The largest absolute Gasteiger partial charge is 0.488 e. The number of amides is 2. The summed E-state index contributed by atoms with van der Waals surface area (Å²) in [6.07, 6.45) is 6.70. The van der Waals surface area contributed by atoms with Crippen molar-refractivity contribution < 1.29 is 14.3 Å². The van der Waals surface area contributed by atoms with Gasteiger partial charge in [0.25, 0.3) is 11.8 Å². The van der Waals surface area contributed by atoms with Crippen LogP contribution in [0.5, 0.6) is 5.75 Å². The summed E-state index contributed by atoms with van der Waals surface area (Å²) in [5.41, 5.74) is 3.02. The molecule has 5 heteroatoms. The summed E-state index contributed by atoms with van der Waals surface area (Å²) in [6.45, 7) is 2.47. The fraction of sp³-hybridized carbons (Fsp3) is 0.250. The fourth-order valence-electron chi connectivity index (χ4n) is 5.61. The van der Waals surface area contributed by atoms with E-state index in [0.29, 0.717) is 12.4 Å². The highest BCUT2D eigenvalue weighted by Crippen LogP contribution is 2.52. The lowest BCUT2D eigenvalue weighted by Crippen LogP contribution is -2.28. The maximum Gasteiger partial charge on any atom is 0.254 e. The quantitative estimate of drug-likeness (QED) is 0.326. The zero-order valence-electron chi connectivity index (χ0n) is 18.3. The smallest absolute Gasteiger partial charge is 0.254 e. The SMILES string of the molecule is Cc1cccc(COc2ccc3ccccc3c2C=NN2C(=O)[C@@H]3[C@H](C2=O)[C@H]2C=C[C@H]3C2)c1. The molecule has 0 unspecified atom stereocenters. The molecule has 0 spiro atoms. The number of hydrogen-bond donors (Lipinski definition) is 0. The van der Waals surface area contributed by atoms with Crippen molar-refractivity contribution >= 4 is 28.8 Å². The first-order chi connectivity index (χ1) is 16.1. The number of imide groups is 1. The summed E-state index contributed by atoms with van der Waals surface area (Å²) in [4.78, 5) is 26.1. The van der Waals surface area contributed by atoms with Gasteiger partial charge in [0, 0.05) is 5.56 Å². The first-order valence-electron chi connectivity index (χ1n) is 11.4. The Labute approximate surface area is 192 Å². The monoisotopic (exact) mass is 436 g/mol. The molecule has 0 aromatic heterocycles. The highest BCUT2D eigenvalue weighted by atomic mass is 16.5. The second-order valence-electron chi connectivity index (χ2n) is 9.21. The van der Waals surface area contributed by atoms with E-state index in [2.05, 4.69) is 36.3 Å². The molecular weight excluding hydrogens is 412 g/mol.